The fraction of sp³-hybridized carbons (Fsp3) is 0.333. The molecule has 0 aliphatic carbocycles. The maximum Gasteiger partial charge on any atom is 0.229 e. The first-order chi connectivity index (χ1) is 13.1. The van der Waals surface area contributed by atoms with Crippen LogP contribution in [-0.4, -0.2) is 31.6 Å². The second-order valence-corrected chi connectivity index (χ2v) is 6.22. The number of carbonyl (C=O) groups excluding carboxylic acids is 2. The number of amides is 2. The molecule has 2 aromatic rings. The van der Waals surface area contributed by atoms with E-state index in [0.717, 1.165) is 0 Å². The number of para-hydroxylation sites is 4. The molecule has 6 nitrogen and oxygen atoms in total. The van der Waals surface area contributed by atoms with E-state index in [4.69, 9.17) is 9.47 Å². The molecule has 1 fully saturated rings. The molecule has 1 aliphatic rings. The molecule has 1 saturated heterocycles. The Morgan fingerprint density at radius 3 is 2.41 bits per heavy atom. The number of anilines is 2. The summed E-state index contributed by atoms with van der Waals surface area (Å²) in [5.41, 5.74) is 1.32. The third-order valence-electron chi connectivity index (χ3n) is 4.40. The average molecular weight is 368 g/mol. The van der Waals surface area contributed by atoms with Gasteiger partial charge in [-0.15, -0.1) is 0 Å². The molecule has 1 aliphatic heterocycles. The van der Waals surface area contributed by atoms with Crippen molar-refractivity contribution in [2.24, 2.45) is 5.92 Å². The van der Waals surface area contributed by atoms with E-state index in [-0.39, 0.29) is 18.2 Å². The molecule has 0 bridgehead atoms. The van der Waals surface area contributed by atoms with E-state index in [2.05, 4.69) is 5.32 Å². The van der Waals surface area contributed by atoms with Gasteiger partial charge in [-0.2, -0.15) is 0 Å². The van der Waals surface area contributed by atoms with Gasteiger partial charge >= 0.3 is 0 Å². The zero-order chi connectivity index (χ0) is 19.2. The van der Waals surface area contributed by atoms with E-state index >= 15 is 0 Å². The van der Waals surface area contributed by atoms with E-state index < -0.39 is 5.92 Å². The number of hydrogen-bond donors (Lipinski definition) is 1. The maximum absolute atomic E-state index is 12.7. The Labute approximate surface area is 159 Å². The van der Waals surface area contributed by atoms with Crippen LogP contribution in [0.25, 0.3) is 0 Å². The van der Waals surface area contributed by atoms with Crippen molar-refractivity contribution in [3.05, 3.63) is 48.5 Å². The lowest BCUT2D eigenvalue weighted by Crippen LogP contribution is -2.28. The highest BCUT2D eigenvalue weighted by molar-refractivity contribution is 6.04. The van der Waals surface area contributed by atoms with Gasteiger partial charge in [0.2, 0.25) is 11.8 Å². The van der Waals surface area contributed by atoms with Crippen molar-refractivity contribution in [1.29, 1.82) is 0 Å². The van der Waals surface area contributed by atoms with Crippen molar-refractivity contribution >= 4 is 23.2 Å². The van der Waals surface area contributed by atoms with Crippen molar-refractivity contribution in [2.75, 3.05) is 30.0 Å². The van der Waals surface area contributed by atoms with Gasteiger partial charge in [0.15, 0.2) is 0 Å². The summed E-state index contributed by atoms with van der Waals surface area (Å²) in [6, 6.07) is 14.7. The smallest absolute Gasteiger partial charge is 0.229 e. The van der Waals surface area contributed by atoms with Crippen LogP contribution >= 0.6 is 0 Å². The van der Waals surface area contributed by atoms with Gasteiger partial charge in [0, 0.05) is 13.0 Å². The van der Waals surface area contributed by atoms with Crippen LogP contribution in [-0.2, 0) is 9.59 Å². The molecule has 1 heterocycles. The third kappa shape index (κ3) is 4.22. The Morgan fingerprint density at radius 2 is 1.67 bits per heavy atom. The number of benzene rings is 2. The minimum Gasteiger partial charge on any atom is -0.492 e. The lowest BCUT2D eigenvalue weighted by Gasteiger charge is -2.20. The highest BCUT2D eigenvalue weighted by atomic mass is 16.5. The quantitative estimate of drug-likeness (QED) is 0.812. The fourth-order valence-corrected chi connectivity index (χ4v) is 3.16. The van der Waals surface area contributed by atoms with Gasteiger partial charge < -0.3 is 19.7 Å². The van der Waals surface area contributed by atoms with Crippen molar-refractivity contribution in [3.63, 3.8) is 0 Å². The predicted molar refractivity (Wildman–Crippen MR) is 104 cm³/mol. The minimum absolute atomic E-state index is 0.0830. The third-order valence-corrected chi connectivity index (χ3v) is 4.40. The van der Waals surface area contributed by atoms with E-state index in [9.17, 15) is 9.59 Å². The zero-order valence-corrected chi connectivity index (χ0v) is 15.6. The molecule has 27 heavy (non-hydrogen) atoms. The van der Waals surface area contributed by atoms with Gasteiger partial charge in [0.05, 0.1) is 30.5 Å². The minimum atomic E-state index is -0.429. The van der Waals surface area contributed by atoms with Crippen LogP contribution in [0, 0.1) is 5.92 Å². The lowest BCUT2D eigenvalue weighted by atomic mass is 10.1. The molecule has 0 spiro atoms. The van der Waals surface area contributed by atoms with Crippen LogP contribution in [0.3, 0.4) is 0 Å². The maximum atomic E-state index is 12.7. The van der Waals surface area contributed by atoms with Gasteiger partial charge in [-0.1, -0.05) is 24.3 Å². The number of hydrogen-bond acceptors (Lipinski definition) is 4. The van der Waals surface area contributed by atoms with E-state index in [1.165, 1.54) is 0 Å². The number of nitrogens with zero attached hydrogens (tertiary/aromatic N) is 1. The predicted octanol–water partition coefficient (Wildman–Crippen LogP) is 3.48. The molecule has 2 aromatic carbocycles. The van der Waals surface area contributed by atoms with Crippen LogP contribution in [0.15, 0.2) is 48.5 Å². The van der Waals surface area contributed by atoms with Crippen molar-refractivity contribution in [2.45, 2.75) is 20.3 Å². The Balaban J connectivity index is 1.73. The zero-order valence-electron chi connectivity index (χ0n) is 15.6. The van der Waals surface area contributed by atoms with E-state index in [1.54, 1.807) is 11.0 Å². The van der Waals surface area contributed by atoms with Crippen LogP contribution in [0.4, 0.5) is 11.4 Å². The molecule has 0 unspecified atom stereocenters. The standard InChI is InChI=1S/C21H24N2O4/c1-3-26-18-11-7-5-9-16(18)22-21(25)15-13-20(24)23(14-15)17-10-6-8-12-19(17)27-4-2/h5-12,15H,3-4,13-14H2,1-2H3,(H,22,25)/t15-/m1/s1. The molecule has 142 valence electrons. The summed E-state index contributed by atoms with van der Waals surface area (Å²) in [6.07, 6.45) is 0.170. The summed E-state index contributed by atoms with van der Waals surface area (Å²) in [5.74, 6) is 0.571. The molecule has 6 heteroatoms. The molecular weight excluding hydrogens is 344 g/mol. The monoisotopic (exact) mass is 368 g/mol. The van der Waals surface area contributed by atoms with Crippen LogP contribution in [0.2, 0.25) is 0 Å². The van der Waals surface area contributed by atoms with Crippen molar-refractivity contribution in [1.82, 2.24) is 0 Å². The molecule has 0 aromatic heterocycles. The van der Waals surface area contributed by atoms with Gasteiger partial charge in [-0.05, 0) is 38.1 Å². The summed E-state index contributed by atoms with van der Waals surface area (Å²) >= 11 is 0. The Kier molecular flexibility index (Phi) is 5.96. The highest BCUT2D eigenvalue weighted by Gasteiger charge is 2.36. The van der Waals surface area contributed by atoms with Crippen LogP contribution < -0.4 is 19.7 Å². The van der Waals surface area contributed by atoms with Crippen LogP contribution in [0.1, 0.15) is 20.3 Å². The highest BCUT2D eigenvalue weighted by Crippen LogP contribution is 2.34. The Morgan fingerprint density at radius 1 is 1.04 bits per heavy atom. The topological polar surface area (TPSA) is 67.9 Å². The Bertz CT molecular complexity index is 821. The van der Waals surface area contributed by atoms with Crippen molar-refractivity contribution in [3.8, 4) is 11.5 Å². The molecule has 1 N–H and O–H groups in total. The normalized spacial score (nSPS) is 16.3. The first-order valence-electron chi connectivity index (χ1n) is 9.18. The summed E-state index contributed by atoms with van der Waals surface area (Å²) in [5, 5.41) is 2.90. The first-order valence-corrected chi connectivity index (χ1v) is 9.18. The van der Waals surface area contributed by atoms with Gasteiger partial charge in [0.1, 0.15) is 11.5 Å². The summed E-state index contributed by atoms with van der Waals surface area (Å²) in [7, 11) is 0. The second kappa shape index (κ2) is 8.58. The first kappa shape index (κ1) is 18.8. The Hall–Kier alpha value is -3.02. The van der Waals surface area contributed by atoms with E-state index in [0.29, 0.717) is 42.6 Å². The summed E-state index contributed by atoms with van der Waals surface area (Å²) in [6.45, 7) is 5.14. The molecule has 2 amide bonds. The van der Waals surface area contributed by atoms with Gasteiger partial charge in [-0.3, -0.25) is 9.59 Å². The van der Waals surface area contributed by atoms with Crippen molar-refractivity contribution < 1.29 is 19.1 Å². The SMILES string of the molecule is CCOc1ccccc1NC(=O)[C@@H]1CC(=O)N(c2ccccc2OCC)C1. The molecule has 0 saturated carbocycles. The van der Waals surface area contributed by atoms with Gasteiger partial charge in [0.25, 0.3) is 0 Å². The van der Waals surface area contributed by atoms with E-state index in [1.807, 2.05) is 56.3 Å². The molecule has 0 radical (unpaired) electrons. The average Bonchev–Trinajstić information content (AvgIpc) is 3.06. The molecular formula is C21H24N2O4. The lowest BCUT2D eigenvalue weighted by molar-refractivity contribution is -0.122. The second-order valence-electron chi connectivity index (χ2n) is 6.22. The number of ether oxygens (including phenoxy) is 2. The van der Waals surface area contributed by atoms with Gasteiger partial charge in [-0.25, -0.2) is 0 Å². The summed E-state index contributed by atoms with van der Waals surface area (Å²) in [4.78, 5) is 26.9. The molecule has 1 atom stereocenters. The largest absolute Gasteiger partial charge is 0.492 e. The molecule has 3 rings (SSSR count). The summed E-state index contributed by atoms with van der Waals surface area (Å²) < 4.78 is 11.2. The number of rotatable bonds is 7. The van der Waals surface area contributed by atoms with Crippen LogP contribution in [0.5, 0.6) is 11.5 Å². The number of nitrogens with one attached hydrogen (secondary N) is 1. The number of carbonyl (C=O) groups is 2. The fourth-order valence-electron chi connectivity index (χ4n) is 3.16.